The Hall–Kier alpha value is -1.75. The molecule has 5 nitrogen and oxygen atoms in total. The van der Waals surface area contributed by atoms with Gasteiger partial charge < -0.3 is 20.7 Å². The Labute approximate surface area is 113 Å². The van der Waals surface area contributed by atoms with E-state index in [0.29, 0.717) is 19.0 Å². The zero-order chi connectivity index (χ0) is 14.0. The molecule has 1 heterocycles. The van der Waals surface area contributed by atoms with Gasteiger partial charge >= 0.3 is 0 Å². The third kappa shape index (κ3) is 2.66. The number of carbonyl (C=O) groups excluding carboxylic acids is 1. The summed E-state index contributed by atoms with van der Waals surface area (Å²) in [5, 5.41) is 3.29. The summed E-state index contributed by atoms with van der Waals surface area (Å²) in [5.74, 6) is 0.440. The SMILES string of the molecule is COc1cccc(NC2(C(N)=O)CC(C)N(C)C2)c1. The molecule has 0 bridgehead atoms. The van der Waals surface area contributed by atoms with Crippen LogP contribution in [-0.2, 0) is 4.79 Å². The van der Waals surface area contributed by atoms with Crippen LogP contribution >= 0.6 is 0 Å². The summed E-state index contributed by atoms with van der Waals surface area (Å²) in [6.07, 6.45) is 0.704. The number of ether oxygens (including phenoxy) is 1. The fourth-order valence-corrected chi connectivity index (χ4v) is 2.61. The van der Waals surface area contributed by atoms with Crippen molar-refractivity contribution >= 4 is 11.6 Å². The molecule has 2 rings (SSSR count). The number of nitrogens with one attached hydrogen (secondary N) is 1. The van der Waals surface area contributed by atoms with E-state index in [4.69, 9.17) is 10.5 Å². The second kappa shape index (κ2) is 5.09. The molecule has 104 valence electrons. The standard InChI is InChI=1S/C14H21N3O2/c1-10-8-14(13(15)18,9-17(10)2)16-11-5-4-6-12(7-11)19-3/h4-7,10,16H,8-9H2,1-3H3,(H2,15,18). The van der Waals surface area contributed by atoms with Gasteiger partial charge in [-0.15, -0.1) is 0 Å². The Morgan fingerprint density at radius 2 is 2.32 bits per heavy atom. The van der Waals surface area contributed by atoms with Crippen LogP contribution in [0.3, 0.4) is 0 Å². The highest BCUT2D eigenvalue weighted by Gasteiger charge is 2.45. The number of benzene rings is 1. The van der Waals surface area contributed by atoms with Crippen molar-refractivity contribution < 1.29 is 9.53 Å². The molecule has 0 aliphatic carbocycles. The number of carbonyl (C=O) groups is 1. The molecule has 1 aliphatic rings. The molecule has 5 heteroatoms. The van der Waals surface area contributed by atoms with Crippen molar-refractivity contribution in [3.05, 3.63) is 24.3 Å². The Bertz CT molecular complexity index is 466. The van der Waals surface area contributed by atoms with Crippen molar-refractivity contribution in [2.24, 2.45) is 5.73 Å². The minimum Gasteiger partial charge on any atom is -0.497 e. The van der Waals surface area contributed by atoms with E-state index < -0.39 is 5.54 Å². The normalized spacial score (nSPS) is 27.2. The van der Waals surface area contributed by atoms with Crippen LogP contribution in [0.4, 0.5) is 5.69 Å². The van der Waals surface area contributed by atoms with Crippen molar-refractivity contribution in [1.82, 2.24) is 4.90 Å². The molecule has 1 amide bonds. The van der Waals surface area contributed by atoms with E-state index in [1.807, 2.05) is 31.3 Å². The molecule has 1 aliphatic heterocycles. The molecule has 19 heavy (non-hydrogen) atoms. The van der Waals surface area contributed by atoms with Crippen molar-refractivity contribution in [1.29, 1.82) is 0 Å². The minimum absolute atomic E-state index is 0.313. The van der Waals surface area contributed by atoms with Crippen LogP contribution < -0.4 is 15.8 Å². The number of primary amides is 1. The van der Waals surface area contributed by atoms with Crippen LogP contribution in [0, 0.1) is 0 Å². The van der Waals surface area contributed by atoms with Crippen LogP contribution in [0.5, 0.6) is 5.75 Å². The Morgan fingerprint density at radius 1 is 1.58 bits per heavy atom. The summed E-state index contributed by atoms with van der Waals surface area (Å²) in [6, 6.07) is 7.86. The average Bonchev–Trinajstić information content (AvgIpc) is 2.66. The van der Waals surface area contributed by atoms with Crippen LogP contribution in [0.15, 0.2) is 24.3 Å². The van der Waals surface area contributed by atoms with Crippen LogP contribution in [-0.4, -0.2) is 43.1 Å². The molecule has 2 unspecified atom stereocenters. The van der Waals surface area contributed by atoms with Crippen molar-refractivity contribution in [3.8, 4) is 5.75 Å². The summed E-state index contributed by atoms with van der Waals surface area (Å²) in [4.78, 5) is 14.0. The smallest absolute Gasteiger partial charge is 0.244 e. The molecule has 0 radical (unpaired) electrons. The maximum atomic E-state index is 11.9. The molecular formula is C14H21N3O2. The summed E-state index contributed by atoms with van der Waals surface area (Å²) >= 11 is 0. The first-order valence-corrected chi connectivity index (χ1v) is 6.39. The zero-order valence-electron chi connectivity index (χ0n) is 11.6. The zero-order valence-corrected chi connectivity index (χ0v) is 11.6. The number of amides is 1. The summed E-state index contributed by atoms with van der Waals surface area (Å²) in [6.45, 7) is 2.71. The first kappa shape index (κ1) is 13.7. The third-order valence-electron chi connectivity index (χ3n) is 3.84. The predicted octanol–water partition coefficient (Wildman–Crippen LogP) is 1.06. The number of nitrogens with two attached hydrogens (primary N) is 1. The highest BCUT2D eigenvalue weighted by atomic mass is 16.5. The molecule has 0 aromatic heterocycles. The number of rotatable bonds is 4. The molecule has 1 aromatic rings. The summed E-state index contributed by atoms with van der Waals surface area (Å²) in [7, 11) is 3.62. The van der Waals surface area contributed by atoms with Crippen LogP contribution in [0.25, 0.3) is 0 Å². The van der Waals surface area contributed by atoms with Gasteiger partial charge in [0.15, 0.2) is 0 Å². The quantitative estimate of drug-likeness (QED) is 0.852. The van der Waals surface area contributed by atoms with E-state index in [1.54, 1.807) is 7.11 Å². The molecule has 1 saturated heterocycles. The Morgan fingerprint density at radius 3 is 2.84 bits per heavy atom. The van der Waals surface area contributed by atoms with E-state index in [2.05, 4.69) is 17.1 Å². The minimum atomic E-state index is -0.708. The number of methoxy groups -OCH3 is 1. The number of likely N-dealkylation sites (tertiary alicyclic amines) is 1. The first-order valence-electron chi connectivity index (χ1n) is 6.39. The number of hydrogen-bond acceptors (Lipinski definition) is 4. The van der Waals surface area contributed by atoms with Gasteiger partial charge in [-0.2, -0.15) is 0 Å². The summed E-state index contributed by atoms with van der Waals surface area (Å²) < 4.78 is 5.19. The van der Waals surface area contributed by atoms with E-state index in [-0.39, 0.29) is 5.91 Å². The lowest BCUT2D eigenvalue weighted by Gasteiger charge is -2.28. The molecule has 2 atom stereocenters. The van der Waals surface area contributed by atoms with Gasteiger partial charge in [-0.3, -0.25) is 4.79 Å². The first-order chi connectivity index (χ1) is 8.97. The van der Waals surface area contributed by atoms with Gasteiger partial charge in [0, 0.05) is 24.3 Å². The maximum Gasteiger partial charge on any atom is 0.244 e. The van der Waals surface area contributed by atoms with E-state index in [1.165, 1.54) is 0 Å². The van der Waals surface area contributed by atoms with Gasteiger partial charge in [-0.1, -0.05) is 6.07 Å². The van der Waals surface area contributed by atoms with E-state index >= 15 is 0 Å². The maximum absolute atomic E-state index is 11.9. The largest absolute Gasteiger partial charge is 0.497 e. The molecule has 3 N–H and O–H groups in total. The van der Waals surface area contributed by atoms with Gasteiger partial charge in [0.2, 0.25) is 5.91 Å². The van der Waals surface area contributed by atoms with Crippen LogP contribution in [0.2, 0.25) is 0 Å². The predicted molar refractivity (Wildman–Crippen MR) is 75.3 cm³/mol. The van der Waals surface area contributed by atoms with Gasteiger partial charge in [-0.25, -0.2) is 0 Å². The lowest BCUT2D eigenvalue weighted by molar-refractivity contribution is -0.121. The van der Waals surface area contributed by atoms with Crippen molar-refractivity contribution in [3.63, 3.8) is 0 Å². The third-order valence-corrected chi connectivity index (χ3v) is 3.84. The number of anilines is 1. The van der Waals surface area contributed by atoms with Gasteiger partial charge in [-0.05, 0) is 32.5 Å². The topological polar surface area (TPSA) is 67.6 Å². The lowest BCUT2D eigenvalue weighted by atomic mass is 9.95. The number of hydrogen-bond donors (Lipinski definition) is 2. The second-order valence-corrected chi connectivity index (χ2v) is 5.27. The molecule has 1 fully saturated rings. The van der Waals surface area contributed by atoms with E-state index in [0.717, 1.165) is 11.4 Å². The molecular weight excluding hydrogens is 242 g/mol. The number of likely N-dealkylation sites (N-methyl/N-ethyl adjacent to an activating group) is 1. The van der Waals surface area contributed by atoms with Gasteiger partial charge in [0.1, 0.15) is 11.3 Å². The van der Waals surface area contributed by atoms with Crippen molar-refractivity contribution in [2.45, 2.75) is 24.9 Å². The highest BCUT2D eigenvalue weighted by Crippen LogP contribution is 2.30. The summed E-state index contributed by atoms with van der Waals surface area (Å²) in [5.41, 5.74) is 5.76. The Balaban J connectivity index is 2.24. The highest BCUT2D eigenvalue weighted by molar-refractivity contribution is 5.89. The molecule has 0 spiro atoms. The number of nitrogens with zero attached hydrogens (tertiary/aromatic N) is 1. The van der Waals surface area contributed by atoms with Gasteiger partial charge in [0.05, 0.1) is 7.11 Å². The van der Waals surface area contributed by atoms with E-state index in [9.17, 15) is 4.79 Å². The lowest BCUT2D eigenvalue weighted by Crippen LogP contribution is -2.52. The van der Waals surface area contributed by atoms with Gasteiger partial charge in [0.25, 0.3) is 0 Å². The molecule has 0 saturated carbocycles. The monoisotopic (exact) mass is 263 g/mol. The average molecular weight is 263 g/mol. The second-order valence-electron chi connectivity index (χ2n) is 5.27. The van der Waals surface area contributed by atoms with Crippen LogP contribution in [0.1, 0.15) is 13.3 Å². The fourth-order valence-electron chi connectivity index (χ4n) is 2.61. The fraction of sp³-hybridized carbons (Fsp3) is 0.500. The van der Waals surface area contributed by atoms with Crippen molar-refractivity contribution in [2.75, 3.05) is 26.0 Å². The Kier molecular flexibility index (Phi) is 3.66. The molecule has 1 aromatic carbocycles.